The van der Waals surface area contributed by atoms with Gasteiger partial charge in [0.05, 0.1) is 6.61 Å². The second-order valence-electron chi connectivity index (χ2n) is 5.87. The van der Waals surface area contributed by atoms with Gasteiger partial charge in [-0.25, -0.2) is 18.5 Å². The van der Waals surface area contributed by atoms with Gasteiger partial charge in [0, 0.05) is 19.3 Å². The summed E-state index contributed by atoms with van der Waals surface area (Å²) >= 11 is 0. The summed E-state index contributed by atoms with van der Waals surface area (Å²) in [4.78, 5) is 41.9. The Morgan fingerprint density at radius 1 is 1.07 bits per heavy atom. The zero-order chi connectivity index (χ0) is 21.8. The zero-order valence-corrected chi connectivity index (χ0v) is 17.0. The molecule has 2 aliphatic rings. The lowest BCUT2D eigenvalue weighted by molar-refractivity contribution is -0.0550. The maximum absolute atomic E-state index is 12.2. The topological polar surface area (TPSA) is 222 Å². The van der Waals surface area contributed by atoms with Gasteiger partial charge < -0.3 is 24.7 Å². The first-order valence-corrected chi connectivity index (χ1v) is 12.0. The fourth-order valence-corrected chi connectivity index (χ4v) is 7.45. The Hall–Kier alpha value is -0.990. The third-order valence-electron chi connectivity index (χ3n) is 3.84. The van der Waals surface area contributed by atoms with Crippen molar-refractivity contribution < 1.29 is 55.9 Å². The van der Waals surface area contributed by atoms with Gasteiger partial charge in [-0.15, -0.1) is 0 Å². The van der Waals surface area contributed by atoms with Crippen LogP contribution < -0.4 is 11.2 Å². The molecule has 164 valence electrons. The molecule has 16 nitrogen and oxygen atoms in total. The summed E-state index contributed by atoms with van der Waals surface area (Å²) in [5, 5.41) is 20.2. The molecule has 4 N–H and O–H groups in total. The van der Waals surface area contributed by atoms with Gasteiger partial charge in [0.15, 0.2) is 6.23 Å². The first-order chi connectivity index (χ1) is 13.2. The Balaban J connectivity index is 1.76. The van der Waals surface area contributed by atoms with Gasteiger partial charge in [0.2, 0.25) is 0 Å². The Morgan fingerprint density at radius 3 is 2.24 bits per heavy atom. The largest absolute Gasteiger partial charge is 0.492 e. The predicted molar refractivity (Wildman–Crippen MR) is 88.3 cm³/mol. The first-order valence-electron chi connectivity index (χ1n) is 7.58. The monoisotopic (exact) mass is 480 g/mol. The molecule has 29 heavy (non-hydrogen) atoms. The number of ether oxygens (including phenoxy) is 1. The number of aliphatic hydroxyl groups excluding tert-OH is 2. The molecule has 1 aromatic heterocycles. The zero-order valence-electron chi connectivity index (χ0n) is 14.3. The van der Waals surface area contributed by atoms with Gasteiger partial charge in [0.25, 0.3) is 5.56 Å². The maximum Gasteiger partial charge on any atom is 0.492 e. The van der Waals surface area contributed by atoms with Crippen molar-refractivity contribution in [2.45, 2.75) is 24.5 Å². The number of aromatic nitrogens is 2. The fraction of sp³-hybridized carbons (Fsp3) is 0.600. The summed E-state index contributed by atoms with van der Waals surface area (Å²) in [5.41, 5.74) is -1.51. The molecule has 0 saturated carbocycles. The highest BCUT2D eigenvalue weighted by molar-refractivity contribution is 7.74. The van der Waals surface area contributed by atoms with Crippen LogP contribution in [-0.4, -0.2) is 54.1 Å². The number of phosphoric acid groups is 3. The average molecular weight is 480 g/mol. The SMILES string of the molecule is Cn1c(=O)ccn([C@@H]2O[C@H](COP3(=O)OP(=O)(O)OP(=O)(O)O3)C(O)[C@@H]2O)c1=O. The van der Waals surface area contributed by atoms with Gasteiger partial charge in [-0.05, 0) is 0 Å². The first kappa shape index (κ1) is 22.7. The van der Waals surface area contributed by atoms with Gasteiger partial charge in [-0.2, -0.15) is 12.9 Å². The van der Waals surface area contributed by atoms with Crippen molar-refractivity contribution in [2.24, 2.45) is 7.05 Å². The quantitative estimate of drug-likeness (QED) is 0.362. The van der Waals surface area contributed by atoms with Gasteiger partial charge in [0.1, 0.15) is 18.3 Å². The van der Waals surface area contributed by atoms with E-state index >= 15 is 0 Å². The summed E-state index contributed by atoms with van der Waals surface area (Å²) in [6, 6.07) is 1.01. The Morgan fingerprint density at radius 2 is 1.66 bits per heavy atom. The molecule has 2 fully saturated rings. The lowest BCUT2D eigenvalue weighted by atomic mass is 10.1. The molecule has 1 aromatic rings. The molecule has 0 aliphatic carbocycles. The van der Waals surface area contributed by atoms with Crippen LogP contribution in [-0.2, 0) is 42.9 Å². The van der Waals surface area contributed by atoms with Crippen LogP contribution in [0.2, 0.25) is 0 Å². The molecule has 3 heterocycles. The molecular formula is C10H15N2O14P3. The van der Waals surface area contributed by atoms with E-state index in [2.05, 4.69) is 17.5 Å². The number of aliphatic hydroxyl groups is 2. The smallest absolute Gasteiger partial charge is 0.387 e. The van der Waals surface area contributed by atoms with E-state index < -0.39 is 65.9 Å². The van der Waals surface area contributed by atoms with Crippen LogP contribution in [0.3, 0.4) is 0 Å². The Labute approximate surface area is 160 Å². The van der Waals surface area contributed by atoms with E-state index in [0.29, 0.717) is 4.57 Å². The van der Waals surface area contributed by atoms with Crippen LogP contribution in [0.25, 0.3) is 0 Å². The highest BCUT2D eigenvalue weighted by Gasteiger charge is 2.55. The van der Waals surface area contributed by atoms with E-state index in [1.54, 1.807) is 0 Å². The molecule has 0 amide bonds. The maximum atomic E-state index is 12.2. The summed E-state index contributed by atoms with van der Waals surface area (Å²) < 4.78 is 58.2. The third kappa shape index (κ3) is 4.69. The molecule has 19 heteroatoms. The van der Waals surface area contributed by atoms with Crippen molar-refractivity contribution in [1.82, 2.24) is 9.13 Å². The minimum atomic E-state index is -5.25. The van der Waals surface area contributed by atoms with Crippen LogP contribution in [0.15, 0.2) is 21.9 Å². The summed E-state index contributed by atoms with van der Waals surface area (Å²) in [6.45, 7) is -0.924. The minimum absolute atomic E-state index is 0.632. The van der Waals surface area contributed by atoms with Gasteiger partial charge >= 0.3 is 29.2 Å². The molecule has 0 bridgehead atoms. The van der Waals surface area contributed by atoms with E-state index in [-0.39, 0.29) is 0 Å². The highest BCUT2D eigenvalue weighted by atomic mass is 31.3. The number of hydrogen-bond donors (Lipinski definition) is 4. The summed E-state index contributed by atoms with van der Waals surface area (Å²) in [6.07, 6.45) is -5.38. The lowest BCUT2D eigenvalue weighted by Gasteiger charge is -2.27. The molecule has 0 radical (unpaired) electrons. The third-order valence-corrected chi connectivity index (χ3v) is 9.20. The number of hydrogen-bond acceptors (Lipinski definition) is 12. The van der Waals surface area contributed by atoms with E-state index in [4.69, 9.17) is 14.5 Å². The standard InChI is InChI=1S/C10H15N2O14P3/c1-11-6(13)2-3-12(10(11)16)9-8(15)7(14)5(23-9)4-22-29(21)25-27(17,18)24-28(19,20)26-29/h2-3,5,7-9,14-15H,4H2,1H3,(H,17,18)(H,19,20)/t5-,7?,8+,9-/m1/s1. The Kier molecular flexibility index (Phi) is 5.95. The number of rotatable bonds is 4. The van der Waals surface area contributed by atoms with Gasteiger partial charge in [-0.3, -0.25) is 18.5 Å². The van der Waals surface area contributed by atoms with Gasteiger partial charge in [-0.1, -0.05) is 0 Å². The van der Waals surface area contributed by atoms with E-state index in [9.17, 15) is 33.5 Å². The fourth-order valence-electron chi connectivity index (χ4n) is 2.52. The molecule has 3 rings (SSSR count). The molecule has 2 saturated heterocycles. The van der Waals surface area contributed by atoms with Crippen molar-refractivity contribution in [3.8, 4) is 0 Å². The van der Waals surface area contributed by atoms with Crippen molar-refractivity contribution in [1.29, 1.82) is 0 Å². The van der Waals surface area contributed by atoms with Crippen LogP contribution in [0.5, 0.6) is 0 Å². The average Bonchev–Trinajstić information content (AvgIpc) is 2.83. The van der Waals surface area contributed by atoms with Crippen LogP contribution >= 0.6 is 23.5 Å². The van der Waals surface area contributed by atoms with Crippen LogP contribution in [0.1, 0.15) is 6.23 Å². The van der Waals surface area contributed by atoms with Crippen molar-refractivity contribution in [3.63, 3.8) is 0 Å². The lowest BCUT2D eigenvalue weighted by Crippen LogP contribution is -2.41. The highest BCUT2D eigenvalue weighted by Crippen LogP contribution is 2.80. The Bertz CT molecular complexity index is 1040. The summed E-state index contributed by atoms with van der Waals surface area (Å²) in [7, 11) is -14.4. The number of nitrogens with zero attached hydrogens (tertiary/aromatic N) is 2. The van der Waals surface area contributed by atoms with E-state index in [1.807, 2.05) is 0 Å². The van der Waals surface area contributed by atoms with Crippen LogP contribution in [0, 0.1) is 0 Å². The molecule has 3 unspecified atom stereocenters. The molecule has 2 aliphatic heterocycles. The minimum Gasteiger partial charge on any atom is -0.387 e. The van der Waals surface area contributed by atoms with Crippen molar-refractivity contribution in [2.75, 3.05) is 6.61 Å². The van der Waals surface area contributed by atoms with E-state index in [0.717, 1.165) is 16.8 Å². The predicted octanol–water partition coefficient (Wildman–Crippen LogP) is -1.44. The van der Waals surface area contributed by atoms with E-state index in [1.165, 1.54) is 7.05 Å². The van der Waals surface area contributed by atoms with Crippen molar-refractivity contribution >= 4 is 23.5 Å². The molecule has 0 aromatic carbocycles. The second-order valence-corrected chi connectivity index (χ2v) is 10.9. The summed E-state index contributed by atoms with van der Waals surface area (Å²) in [5.74, 6) is 0. The molecule has 0 spiro atoms. The second kappa shape index (κ2) is 7.61. The molecule has 6 atom stereocenters. The van der Waals surface area contributed by atoms with Crippen molar-refractivity contribution in [3.05, 3.63) is 33.1 Å². The van der Waals surface area contributed by atoms with Crippen LogP contribution in [0.4, 0.5) is 0 Å². The normalized spacial score (nSPS) is 42.8. The molecular weight excluding hydrogens is 465 g/mol.